The van der Waals surface area contributed by atoms with Gasteiger partial charge in [-0.2, -0.15) is 0 Å². The zero-order valence-corrected chi connectivity index (χ0v) is 7.01. The molecule has 0 aliphatic rings. The largest absolute Gasteiger partial charge is 0.391 e. The number of allylic oxidation sites excluding steroid dienone is 5. The molecule has 0 aliphatic heterocycles. The lowest BCUT2D eigenvalue weighted by atomic mass is 10.3. The minimum atomic E-state index is 0.873. The molecule has 0 aliphatic carbocycles. The van der Waals surface area contributed by atoms with Crippen LogP contribution in [0, 0.1) is 0 Å². The summed E-state index contributed by atoms with van der Waals surface area (Å²) in [7, 11) is 1.90. The van der Waals surface area contributed by atoms with Gasteiger partial charge in [0.25, 0.3) is 0 Å². The van der Waals surface area contributed by atoms with Crippen LogP contribution in [-0.2, 0) is 0 Å². The van der Waals surface area contributed by atoms with Gasteiger partial charge in [-0.15, -0.1) is 6.58 Å². The first-order valence-electron chi connectivity index (χ1n) is 3.62. The highest BCUT2D eigenvalue weighted by Crippen LogP contribution is 1.96. The summed E-state index contributed by atoms with van der Waals surface area (Å²) in [5, 5.41) is 3.07. The molecule has 11 heavy (non-hydrogen) atoms. The van der Waals surface area contributed by atoms with Crippen molar-refractivity contribution in [2.24, 2.45) is 0 Å². The molecule has 0 aromatic heterocycles. The van der Waals surface area contributed by atoms with Crippen LogP contribution in [0.2, 0.25) is 0 Å². The van der Waals surface area contributed by atoms with E-state index in [-0.39, 0.29) is 0 Å². The molecule has 0 saturated heterocycles. The Hall–Kier alpha value is -1.24. The number of hydrogen-bond donors (Lipinski definition) is 1. The molecule has 1 heteroatoms. The SMILES string of the molecule is C=C/C=C\C=C(/CC=C)NC. The highest BCUT2D eigenvalue weighted by molar-refractivity contribution is 5.15. The van der Waals surface area contributed by atoms with Crippen LogP contribution in [0.25, 0.3) is 0 Å². The van der Waals surface area contributed by atoms with E-state index in [1.165, 1.54) is 0 Å². The van der Waals surface area contributed by atoms with Gasteiger partial charge in [-0.1, -0.05) is 30.9 Å². The molecule has 0 saturated carbocycles. The van der Waals surface area contributed by atoms with Gasteiger partial charge in [-0.3, -0.25) is 0 Å². The van der Waals surface area contributed by atoms with Crippen molar-refractivity contribution in [3.05, 3.63) is 49.2 Å². The molecule has 0 unspecified atom stereocenters. The average Bonchev–Trinajstić information content (AvgIpc) is 2.03. The first kappa shape index (κ1) is 9.76. The lowest BCUT2D eigenvalue weighted by molar-refractivity contribution is 0.940. The quantitative estimate of drug-likeness (QED) is 0.467. The smallest absolute Gasteiger partial charge is 0.0142 e. The predicted octanol–water partition coefficient (Wildman–Crippen LogP) is 2.41. The van der Waals surface area contributed by atoms with Gasteiger partial charge in [0.15, 0.2) is 0 Å². The van der Waals surface area contributed by atoms with Gasteiger partial charge in [0.1, 0.15) is 0 Å². The molecule has 0 rings (SSSR count). The summed E-state index contributed by atoms with van der Waals surface area (Å²) in [5.41, 5.74) is 1.15. The fourth-order valence-electron chi connectivity index (χ4n) is 0.659. The lowest BCUT2D eigenvalue weighted by Gasteiger charge is -1.99. The van der Waals surface area contributed by atoms with Crippen molar-refractivity contribution in [1.29, 1.82) is 0 Å². The van der Waals surface area contributed by atoms with Crippen LogP contribution in [-0.4, -0.2) is 7.05 Å². The number of nitrogens with one attached hydrogen (secondary N) is 1. The van der Waals surface area contributed by atoms with Gasteiger partial charge >= 0.3 is 0 Å². The summed E-state index contributed by atoms with van der Waals surface area (Å²) in [6.45, 7) is 7.22. The van der Waals surface area contributed by atoms with Crippen LogP contribution in [0.4, 0.5) is 0 Å². The van der Waals surface area contributed by atoms with Gasteiger partial charge in [0, 0.05) is 19.2 Å². The Balaban J connectivity index is 3.98. The molecule has 60 valence electrons. The maximum atomic E-state index is 3.65. The van der Waals surface area contributed by atoms with Crippen LogP contribution >= 0.6 is 0 Å². The molecule has 0 aromatic carbocycles. The highest BCUT2D eigenvalue weighted by Gasteiger charge is 1.84. The third-order valence-electron chi connectivity index (χ3n) is 1.23. The van der Waals surface area contributed by atoms with Crippen molar-refractivity contribution in [2.75, 3.05) is 7.05 Å². The van der Waals surface area contributed by atoms with E-state index in [4.69, 9.17) is 0 Å². The molecule has 0 fully saturated rings. The maximum Gasteiger partial charge on any atom is 0.0142 e. The van der Waals surface area contributed by atoms with Crippen molar-refractivity contribution < 1.29 is 0 Å². The monoisotopic (exact) mass is 149 g/mol. The van der Waals surface area contributed by atoms with Crippen molar-refractivity contribution in [3.8, 4) is 0 Å². The van der Waals surface area contributed by atoms with E-state index in [1.807, 2.05) is 31.4 Å². The number of hydrogen-bond acceptors (Lipinski definition) is 1. The minimum absolute atomic E-state index is 0.873. The van der Waals surface area contributed by atoms with Gasteiger partial charge < -0.3 is 5.32 Å². The Morgan fingerprint density at radius 2 is 2.09 bits per heavy atom. The van der Waals surface area contributed by atoms with Crippen molar-refractivity contribution in [2.45, 2.75) is 6.42 Å². The summed E-state index contributed by atoms with van der Waals surface area (Å²) >= 11 is 0. The van der Waals surface area contributed by atoms with Gasteiger partial charge in [-0.05, 0) is 6.08 Å². The standard InChI is InChI=1S/C10H15N/c1-4-6-7-9-10(11-3)8-5-2/h4-7,9,11H,1-2,8H2,3H3/b7-6-,10-9+. The zero-order valence-electron chi connectivity index (χ0n) is 7.01. The van der Waals surface area contributed by atoms with Crippen molar-refractivity contribution >= 4 is 0 Å². The third kappa shape index (κ3) is 5.22. The minimum Gasteiger partial charge on any atom is -0.391 e. The molecule has 0 spiro atoms. The molecular formula is C10H15N. The van der Waals surface area contributed by atoms with Crippen LogP contribution < -0.4 is 5.32 Å². The second-order valence-electron chi connectivity index (χ2n) is 2.06. The van der Waals surface area contributed by atoms with E-state index < -0.39 is 0 Å². The highest BCUT2D eigenvalue weighted by atomic mass is 14.8. The van der Waals surface area contributed by atoms with Crippen LogP contribution in [0.3, 0.4) is 0 Å². The van der Waals surface area contributed by atoms with E-state index in [0.717, 1.165) is 12.1 Å². The van der Waals surface area contributed by atoms with Crippen molar-refractivity contribution in [1.82, 2.24) is 5.32 Å². The molecule has 1 N–H and O–H groups in total. The Morgan fingerprint density at radius 1 is 1.36 bits per heavy atom. The number of rotatable bonds is 5. The average molecular weight is 149 g/mol. The molecule has 0 atom stereocenters. The fourth-order valence-corrected chi connectivity index (χ4v) is 0.659. The summed E-state index contributed by atoms with van der Waals surface area (Å²) in [6, 6.07) is 0. The van der Waals surface area contributed by atoms with E-state index in [0.29, 0.717) is 0 Å². The zero-order chi connectivity index (χ0) is 8.53. The molecule has 1 nitrogen and oxygen atoms in total. The van der Waals surface area contributed by atoms with Crippen LogP contribution in [0.1, 0.15) is 6.42 Å². The van der Waals surface area contributed by atoms with Gasteiger partial charge in [0.05, 0.1) is 0 Å². The molecule has 0 bridgehead atoms. The molecule has 0 amide bonds. The predicted molar refractivity (Wildman–Crippen MR) is 51.3 cm³/mol. The Labute approximate surface area is 68.8 Å². The summed E-state index contributed by atoms with van der Waals surface area (Å²) in [6.07, 6.45) is 10.3. The molecular weight excluding hydrogens is 134 g/mol. The normalized spacial score (nSPS) is 11.5. The fraction of sp³-hybridized carbons (Fsp3) is 0.200. The Bertz CT molecular complexity index is 175. The third-order valence-corrected chi connectivity index (χ3v) is 1.23. The van der Waals surface area contributed by atoms with Crippen LogP contribution in [0.15, 0.2) is 49.2 Å². The first-order chi connectivity index (χ1) is 5.35. The lowest BCUT2D eigenvalue weighted by Crippen LogP contribution is -2.03. The van der Waals surface area contributed by atoms with Gasteiger partial charge in [0.2, 0.25) is 0 Å². The Kier molecular flexibility index (Phi) is 6.10. The van der Waals surface area contributed by atoms with E-state index in [2.05, 4.69) is 18.5 Å². The summed E-state index contributed by atoms with van der Waals surface area (Å²) in [5.74, 6) is 0. The van der Waals surface area contributed by atoms with E-state index >= 15 is 0 Å². The summed E-state index contributed by atoms with van der Waals surface area (Å²) < 4.78 is 0. The van der Waals surface area contributed by atoms with E-state index in [9.17, 15) is 0 Å². The van der Waals surface area contributed by atoms with Crippen LogP contribution in [0.5, 0.6) is 0 Å². The van der Waals surface area contributed by atoms with Crippen molar-refractivity contribution in [3.63, 3.8) is 0 Å². The van der Waals surface area contributed by atoms with E-state index in [1.54, 1.807) is 6.08 Å². The second-order valence-corrected chi connectivity index (χ2v) is 2.06. The second kappa shape index (κ2) is 6.87. The van der Waals surface area contributed by atoms with Gasteiger partial charge in [-0.25, -0.2) is 0 Å². The molecule has 0 heterocycles. The summed E-state index contributed by atoms with van der Waals surface area (Å²) in [4.78, 5) is 0. The topological polar surface area (TPSA) is 12.0 Å². The molecule has 0 radical (unpaired) electrons. The first-order valence-corrected chi connectivity index (χ1v) is 3.62. The molecule has 0 aromatic rings. The Morgan fingerprint density at radius 3 is 2.55 bits per heavy atom. The maximum absolute atomic E-state index is 3.65.